The molecule has 0 aliphatic carbocycles. The van der Waals surface area contributed by atoms with Gasteiger partial charge >= 0.3 is 11.9 Å². The van der Waals surface area contributed by atoms with Gasteiger partial charge in [-0.25, -0.2) is 0 Å². The average Bonchev–Trinajstić information content (AvgIpc) is 3.07. The van der Waals surface area contributed by atoms with Crippen molar-refractivity contribution >= 4 is 11.9 Å². The quantitative estimate of drug-likeness (QED) is 0.430. The van der Waals surface area contributed by atoms with Crippen molar-refractivity contribution in [2.24, 2.45) is 5.73 Å². The third kappa shape index (κ3) is 10.3. The number of nitrogens with zero attached hydrogens (tertiary/aromatic N) is 2. The first-order valence-corrected chi connectivity index (χ1v) is 13.4. The van der Waals surface area contributed by atoms with Crippen LogP contribution in [0, 0.1) is 0 Å². The van der Waals surface area contributed by atoms with E-state index in [1.54, 1.807) is 0 Å². The van der Waals surface area contributed by atoms with Crippen molar-refractivity contribution in [1.82, 2.24) is 9.80 Å². The second-order valence-corrected chi connectivity index (χ2v) is 10.7. The minimum absolute atomic E-state index is 0.171. The van der Waals surface area contributed by atoms with Gasteiger partial charge in [-0.2, -0.15) is 0 Å². The number of rotatable bonds is 12. The second kappa shape index (κ2) is 14.3. The molecular weight excluding hydrogens is 466 g/mol. The van der Waals surface area contributed by atoms with E-state index in [0.717, 1.165) is 50.1 Å². The topological polar surface area (TPSA) is 85.1 Å². The summed E-state index contributed by atoms with van der Waals surface area (Å²) in [7, 11) is 0. The van der Waals surface area contributed by atoms with Crippen LogP contribution in [0.15, 0.2) is 60.7 Å². The first-order valence-electron chi connectivity index (χ1n) is 13.4. The fraction of sp³-hybridized carbons (Fsp3) is 0.533. The number of carbonyl (C=O) groups is 2. The Morgan fingerprint density at radius 3 is 1.54 bits per heavy atom. The normalized spacial score (nSPS) is 20.5. The molecule has 0 bridgehead atoms. The molecule has 2 aromatic rings. The number of hydrogen-bond acceptors (Lipinski definition) is 7. The van der Waals surface area contributed by atoms with Crippen molar-refractivity contribution in [3.05, 3.63) is 71.8 Å². The van der Waals surface area contributed by atoms with E-state index in [0.29, 0.717) is 26.1 Å². The zero-order chi connectivity index (χ0) is 26.7. The van der Waals surface area contributed by atoms with Gasteiger partial charge in [0.15, 0.2) is 0 Å². The van der Waals surface area contributed by atoms with E-state index in [-0.39, 0.29) is 29.6 Å². The molecule has 1 aliphatic rings. The van der Waals surface area contributed by atoms with Crippen molar-refractivity contribution in [2.75, 3.05) is 26.2 Å². The first-order chi connectivity index (χ1) is 17.7. The van der Waals surface area contributed by atoms with Gasteiger partial charge in [-0.1, -0.05) is 60.7 Å². The summed E-state index contributed by atoms with van der Waals surface area (Å²) in [5, 5.41) is 0. The van der Waals surface area contributed by atoms with Gasteiger partial charge in [-0.15, -0.1) is 0 Å². The van der Waals surface area contributed by atoms with E-state index in [1.165, 1.54) is 0 Å². The Hall–Kier alpha value is -2.74. The summed E-state index contributed by atoms with van der Waals surface area (Å²) in [6.45, 7) is 10.3. The molecule has 1 fully saturated rings. The summed E-state index contributed by atoms with van der Waals surface area (Å²) in [6, 6.07) is 19.9. The maximum absolute atomic E-state index is 12.3. The molecule has 0 amide bonds. The molecule has 3 rings (SSSR count). The van der Waals surface area contributed by atoms with E-state index in [9.17, 15) is 9.59 Å². The van der Waals surface area contributed by atoms with E-state index >= 15 is 0 Å². The number of carbonyl (C=O) groups excluding carboxylic acids is 2. The van der Waals surface area contributed by atoms with Crippen LogP contribution in [0.5, 0.6) is 0 Å². The summed E-state index contributed by atoms with van der Waals surface area (Å²) < 4.78 is 10.9. The lowest BCUT2D eigenvalue weighted by atomic mass is 10.0. The minimum atomic E-state index is -0.388. The number of esters is 2. The molecule has 37 heavy (non-hydrogen) atoms. The van der Waals surface area contributed by atoms with Crippen molar-refractivity contribution < 1.29 is 19.1 Å². The second-order valence-electron chi connectivity index (χ2n) is 10.7. The molecule has 2 atom stereocenters. The molecule has 2 unspecified atom stereocenters. The molecule has 0 radical (unpaired) electrons. The van der Waals surface area contributed by atoms with Crippen LogP contribution in [0.2, 0.25) is 0 Å². The highest BCUT2D eigenvalue weighted by molar-refractivity contribution is 5.69. The van der Waals surface area contributed by atoms with Crippen LogP contribution in [0.3, 0.4) is 0 Å². The predicted molar refractivity (Wildman–Crippen MR) is 146 cm³/mol. The molecule has 7 nitrogen and oxygen atoms in total. The summed E-state index contributed by atoms with van der Waals surface area (Å²) in [5.74, 6) is -0.342. The van der Waals surface area contributed by atoms with Gasteiger partial charge in [0.2, 0.25) is 0 Å². The maximum atomic E-state index is 12.3. The molecule has 1 saturated heterocycles. The van der Waals surface area contributed by atoms with Crippen LogP contribution >= 0.6 is 0 Å². The highest BCUT2D eigenvalue weighted by Gasteiger charge is 2.33. The molecule has 0 spiro atoms. The Balaban J connectivity index is 1.40. The van der Waals surface area contributed by atoms with Gasteiger partial charge in [0.05, 0.1) is 0 Å². The third-order valence-electron chi connectivity index (χ3n) is 7.07. The third-order valence-corrected chi connectivity index (χ3v) is 7.07. The maximum Gasteiger partial charge on any atom is 0.306 e. The zero-order valence-corrected chi connectivity index (χ0v) is 22.6. The monoisotopic (exact) mass is 509 g/mol. The lowest BCUT2D eigenvalue weighted by Gasteiger charge is -2.34. The van der Waals surface area contributed by atoms with Gasteiger partial charge in [-0.3, -0.25) is 19.4 Å². The van der Waals surface area contributed by atoms with Crippen LogP contribution in [-0.2, 0) is 32.3 Å². The van der Waals surface area contributed by atoms with Crippen LogP contribution in [0.25, 0.3) is 0 Å². The fourth-order valence-corrected chi connectivity index (χ4v) is 4.78. The average molecular weight is 510 g/mol. The van der Waals surface area contributed by atoms with Gasteiger partial charge in [0.25, 0.3) is 0 Å². The smallest absolute Gasteiger partial charge is 0.306 e. The predicted octanol–water partition coefficient (Wildman–Crippen LogP) is 4.15. The summed E-state index contributed by atoms with van der Waals surface area (Å²) >= 11 is 0. The molecule has 202 valence electrons. The molecule has 7 heteroatoms. The van der Waals surface area contributed by atoms with Gasteiger partial charge in [-0.05, 0) is 44.7 Å². The van der Waals surface area contributed by atoms with E-state index in [1.807, 2.05) is 60.7 Å². The van der Waals surface area contributed by atoms with E-state index < -0.39 is 0 Å². The van der Waals surface area contributed by atoms with E-state index in [4.69, 9.17) is 15.2 Å². The van der Waals surface area contributed by atoms with Crippen LogP contribution in [-0.4, -0.2) is 65.5 Å². The highest BCUT2D eigenvalue weighted by Crippen LogP contribution is 2.20. The van der Waals surface area contributed by atoms with Crippen LogP contribution in [0.1, 0.15) is 57.6 Å². The van der Waals surface area contributed by atoms with Crippen LogP contribution in [0.4, 0.5) is 0 Å². The van der Waals surface area contributed by atoms with Gasteiger partial charge in [0.1, 0.15) is 13.2 Å². The lowest BCUT2D eigenvalue weighted by Crippen LogP contribution is -2.54. The molecule has 0 saturated carbocycles. The Morgan fingerprint density at radius 1 is 0.784 bits per heavy atom. The SMILES string of the molecule is CC(CCC(=O)OCc1ccccc1)N1CCN(C(C)CCC(=O)OCc2ccccc2)CC(C)(N)C1. The molecule has 0 aromatic heterocycles. The lowest BCUT2D eigenvalue weighted by molar-refractivity contribution is -0.146. The zero-order valence-electron chi connectivity index (χ0n) is 22.6. The number of nitrogens with two attached hydrogens (primary N) is 1. The van der Waals surface area contributed by atoms with Gasteiger partial charge < -0.3 is 15.2 Å². The largest absolute Gasteiger partial charge is 0.461 e. The molecule has 2 aromatic carbocycles. The Labute approximate surface area is 221 Å². The van der Waals surface area contributed by atoms with E-state index in [2.05, 4.69) is 30.6 Å². The number of hydrogen-bond donors (Lipinski definition) is 1. The molecule has 1 heterocycles. The first kappa shape index (κ1) is 28.8. The number of benzene rings is 2. The molecular formula is C30H43N3O4. The van der Waals surface area contributed by atoms with Crippen molar-refractivity contribution in [2.45, 2.75) is 77.3 Å². The van der Waals surface area contributed by atoms with Crippen molar-refractivity contribution in [3.8, 4) is 0 Å². The van der Waals surface area contributed by atoms with Crippen molar-refractivity contribution in [3.63, 3.8) is 0 Å². The molecule has 2 N–H and O–H groups in total. The van der Waals surface area contributed by atoms with Gasteiger partial charge in [0, 0.05) is 56.6 Å². The summed E-state index contributed by atoms with van der Waals surface area (Å²) in [6.07, 6.45) is 2.23. The van der Waals surface area contributed by atoms with Crippen LogP contribution < -0.4 is 5.73 Å². The molecule has 1 aliphatic heterocycles. The number of ether oxygens (including phenoxy) is 2. The minimum Gasteiger partial charge on any atom is -0.461 e. The Bertz CT molecular complexity index is 890. The Morgan fingerprint density at radius 2 is 1.16 bits per heavy atom. The Kier molecular flexibility index (Phi) is 11.1. The highest BCUT2D eigenvalue weighted by atomic mass is 16.5. The fourth-order valence-electron chi connectivity index (χ4n) is 4.78. The summed E-state index contributed by atoms with van der Waals surface area (Å²) in [4.78, 5) is 29.3. The van der Waals surface area contributed by atoms with Crippen molar-refractivity contribution in [1.29, 1.82) is 0 Å². The standard InChI is InChI=1S/C30H43N3O4/c1-24(14-16-28(34)36-20-26-10-6-4-7-11-26)32-18-19-33(23-30(3,31)22-32)25(2)15-17-29(35)37-21-27-12-8-5-9-13-27/h4-13,24-25H,14-23,31H2,1-3H3. The summed E-state index contributed by atoms with van der Waals surface area (Å²) in [5.41, 5.74) is 8.30.